The summed E-state index contributed by atoms with van der Waals surface area (Å²) >= 11 is 7.16. The standard InChI is InChI=1S/C26H22ClN3O6S2/c27-19-6-5-18-11-23(37-22(18)12-19)38(35,36)29-13-20-24(31)25(32)21(14-29)30(20)26(33)17-3-1-15(2-4-17)16-7-9-28(34)10-8-16/h1-12,20-21,24-25,31-32H,13-14H2. The van der Waals surface area contributed by atoms with Crippen molar-refractivity contribution >= 4 is 49.0 Å². The minimum absolute atomic E-state index is 0.136. The number of aliphatic hydroxyl groups is 2. The van der Waals surface area contributed by atoms with E-state index in [-0.39, 0.29) is 17.3 Å². The molecular formula is C26H22ClN3O6S2. The van der Waals surface area contributed by atoms with Crippen LogP contribution >= 0.6 is 22.9 Å². The van der Waals surface area contributed by atoms with Crippen molar-refractivity contribution in [1.29, 1.82) is 0 Å². The van der Waals surface area contributed by atoms with Crippen LogP contribution in [0.2, 0.25) is 5.02 Å². The number of sulfonamides is 1. The van der Waals surface area contributed by atoms with Crippen LogP contribution in [0.4, 0.5) is 0 Å². The van der Waals surface area contributed by atoms with Crippen molar-refractivity contribution in [2.24, 2.45) is 0 Å². The summed E-state index contributed by atoms with van der Waals surface area (Å²) in [5.41, 5.74) is 1.97. The highest BCUT2D eigenvalue weighted by atomic mass is 35.5. The molecule has 2 bridgehead atoms. The molecule has 2 aromatic carbocycles. The molecule has 2 aromatic heterocycles. The zero-order valence-corrected chi connectivity index (χ0v) is 22.1. The Hall–Kier alpha value is -3.06. The maximum atomic E-state index is 13.5. The van der Waals surface area contributed by atoms with Crippen LogP contribution in [0.1, 0.15) is 10.4 Å². The minimum Gasteiger partial charge on any atom is -0.619 e. The second kappa shape index (κ2) is 9.30. The first-order valence-corrected chi connectivity index (χ1v) is 14.4. The van der Waals surface area contributed by atoms with Gasteiger partial charge in [-0.05, 0) is 46.8 Å². The number of carbonyl (C=O) groups excluding carboxylic acids is 1. The smallest absolute Gasteiger partial charge is 0.254 e. The second-order valence-corrected chi connectivity index (χ2v) is 13.1. The molecule has 2 aliphatic rings. The number of thiophene rings is 1. The van der Waals surface area contributed by atoms with Gasteiger partial charge in [-0.15, -0.1) is 11.3 Å². The van der Waals surface area contributed by atoms with Crippen molar-refractivity contribution in [3.8, 4) is 11.1 Å². The molecule has 196 valence electrons. The van der Waals surface area contributed by atoms with Crippen LogP contribution in [0.5, 0.6) is 0 Å². The second-order valence-electron chi connectivity index (χ2n) is 9.42. The van der Waals surface area contributed by atoms with E-state index in [1.165, 1.54) is 21.6 Å². The molecule has 4 heterocycles. The van der Waals surface area contributed by atoms with Crippen LogP contribution in [0, 0.1) is 5.21 Å². The number of benzene rings is 2. The van der Waals surface area contributed by atoms with Gasteiger partial charge in [0.1, 0.15) is 16.4 Å². The largest absolute Gasteiger partial charge is 0.619 e. The van der Waals surface area contributed by atoms with Gasteiger partial charge in [-0.1, -0.05) is 29.8 Å². The maximum Gasteiger partial charge on any atom is 0.254 e. The van der Waals surface area contributed by atoms with Crippen LogP contribution in [-0.4, -0.2) is 71.1 Å². The average molecular weight is 572 g/mol. The third-order valence-corrected chi connectivity index (χ3v) is 10.8. The van der Waals surface area contributed by atoms with Crippen LogP contribution in [0.15, 0.2) is 77.3 Å². The Morgan fingerprint density at radius 1 is 0.947 bits per heavy atom. The number of hydrogen-bond acceptors (Lipinski definition) is 7. The molecule has 2 saturated heterocycles. The van der Waals surface area contributed by atoms with E-state index >= 15 is 0 Å². The summed E-state index contributed by atoms with van der Waals surface area (Å²) in [4.78, 5) is 14.9. The van der Waals surface area contributed by atoms with E-state index < -0.39 is 40.2 Å². The lowest BCUT2D eigenvalue weighted by atomic mass is 10.0. The van der Waals surface area contributed by atoms with Crippen LogP contribution < -0.4 is 4.73 Å². The zero-order valence-electron chi connectivity index (χ0n) is 19.7. The SMILES string of the molecule is O=C(c1ccc(-c2cc[n+]([O-])cc2)cc1)N1C2CN(S(=O)(=O)c3cc4ccc(Cl)cc4s3)CC1C(O)C2O. The fraction of sp³-hybridized carbons (Fsp3) is 0.231. The molecule has 38 heavy (non-hydrogen) atoms. The van der Waals surface area contributed by atoms with E-state index in [9.17, 15) is 28.6 Å². The molecule has 0 spiro atoms. The molecule has 4 atom stereocenters. The number of rotatable bonds is 4. The van der Waals surface area contributed by atoms with Crippen LogP contribution in [0.25, 0.3) is 21.2 Å². The Kier molecular flexibility index (Phi) is 6.17. The number of fused-ring (bicyclic) bond motifs is 3. The number of hydrogen-bond donors (Lipinski definition) is 2. The first kappa shape index (κ1) is 25.2. The number of aromatic nitrogens is 1. The number of amides is 1. The molecule has 9 nitrogen and oxygen atoms in total. The summed E-state index contributed by atoms with van der Waals surface area (Å²) in [7, 11) is -3.94. The van der Waals surface area contributed by atoms with E-state index in [1.54, 1.807) is 60.7 Å². The average Bonchev–Trinajstić information content (AvgIpc) is 3.41. The molecule has 0 saturated carbocycles. The first-order chi connectivity index (χ1) is 18.1. The Bertz CT molecular complexity index is 1620. The highest BCUT2D eigenvalue weighted by Gasteiger charge is 2.55. The number of pyridine rings is 1. The number of carbonyl (C=O) groups is 1. The monoisotopic (exact) mass is 571 g/mol. The molecule has 1 amide bonds. The molecular weight excluding hydrogens is 550 g/mol. The van der Waals surface area contributed by atoms with Gasteiger partial charge >= 0.3 is 0 Å². The predicted octanol–water partition coefficient (Wildman–Crippen LogP) is 2.47. The van der Waals surface area contributed by atoms with Gasteiger partial charge in [-0.2, -0.15) is 9.04 Å². The van der Waals surface area contributed by atoms with Crippen molar-refractivity contribution in [1.82, 2.24) is 9.21 Å². The molecule has 4 unspecified atom stereocenters. The Labute approximate surface area is 227 Å². The topological polar surface area (TPSA) is 125 Å². The quantitative estimate of drug-likeness (QED) is 0.286. The van der Waals surface area contributed by atoms with E-state index in [0.717, 1.165) is 32.5 Å². The number of piperazine rings is 1. The highest BCUT2D eigenvalue weighted by Crippen LogP contribution is 2.38. The highest BCUT2D eigenvalue weighted by molar-refractivity contribution is 7.91. The molecule has 6 rings (SSSR count). The van der Waals surface area contributed by atoms with Crippen LogP contribution in [-0.2, 0) is 10.0 Å². The third kappa shape index (κ3) is 4.15. The van der Waals surface area contributed by atoms with Gasteiger partial charge in [0.15, 0.2) is 12.4 Å². The molecule has 0 aliphatic carbocycles. The zero-order chi connectivity index (χ0) is 26.8. The molecule has 2 fully saturated rings. The third-order valence-electron chi connectivity index (χ3n) is 7.19. The summed E-state index contributed by atoms with van der Waals surface area (Å²) in [6.07, 6.45) is 0.202. The molecule has 0 radical (unpaired) electrons. The van der Waals surface area contributed by atoms with Crippen LogP contribution in [0.3, 0.4) is 0 Å². The van der Waals surface area contributed by atoms with Crippen molar-refractivity contribution < 1.29 is 28.2 Å². The molecule has 4 aromatic rings. The van der Waals surface area contributed by atoms with Gasteiger partial charge in [0.05, 0.1) is 12.1 Å². The molecule has 2 N–H and O–H groups in total. The van der Waals surface area contributed by atoms with Crippen molar-refractivity contribution in [3.05, 3.63) is 88.9 Å². The van der Waals surface area contributed by atoms with E-state index in [1.807, 2.05) is 0 Å². The normalized spacial score (nSPS) is 23.7. The number of aliphatic hydroxyl groups excluding tert-OH is 2. The lowest BCUT2D eigenvalue weighted by Crippen LogP contribution is -2.58. The predicted molar refractivity (Wildman–Crippen MR) is 142 cm³/mol. The van der Waals surface area contributed by atoms with E-state index in [2.05, 4.69) is 0 Å². The van der Waals surface area contributed by atoms with E-state index in [4.69, 9.17) is 11.6 Å². The summed E-state index contributed by atoms with van der Waals surface area (Å²) in [6, 6.07) is 15.0. The lowest BCUT2D eigenvalue weighted by molar-refractivity contribution is -0.605. The number of halogens is 1. The molecule has 2 aliphatic heterocycles. The van der Waals surface area contributed by atoms with Gasteiger partial charge in [-0.25, -0.2) is 8.42 Å². The Morgan fingerprint density at radius 2 is 1.55 bits per heavy atom. The minimum atomic E-state index is -3.94. The first-order valence-electron chi connectivity index (χ1n) is 11.8. The van der Waals surface area contributed by atoms with Crippen molar-refractivity contribution in [2.45, 2.75) is 28.5 Å². The Morgan fingerprint density at radius 3 is 2.18 bits per heavy atom. The summed E-state index contributed by atoms with van der Waals surface area (Å²) < 4.78 is 29.8. The summed E-state index contributed by atoms with van der Waals surface area (Å²) in [6.45, 7) is -0.288. The van der Waals surface area contributed by atoms with Gasteiger partial charge in [0.2, 0.25) is 0 Å². The number of nitrogens with zero attached hydrogens (tertiary/aromatic N) is 3. The van der Waals surface area contributed by atoms with Gasteiger partial charge in [-0.3, -0.25) is 4.79 Å². The maximum absolute atomic E-state index is 13.5. The van der Waals surface area contributed by atoms with E-state index in [0.29, 0.717) is 15.3 Å². The lowest BCUT2D eigenvalue weighted by Gasteiger charge is -2.40. The van der Waals surface area contributed by atoms with Gasteiger partial charge < -0.3 is 20.3 Å². The van der Waals surface area contributed by atoms with Crippen molar-refractivity contribution in [2.75, 3.05) is 13.1 Å². The summed E-state index contributed by atoms with van der Waals surface area (Å²) in [5, 5.41) is 34.0. The fourth-order valence-electron chi connectivity index (χ4n) is 5.21. The van der Waals surface area contributed by atoms with Crippen molar-refractivity contribution in [3.63, 3.8) is 0 Å². The molecule has 12 heteroatoms. The van der Waals surface area contributed by atoms with Gasteiger partial charge in [0, 0.05) is 40.5 Å². The summed E-state index contributed by atoms with van der Waals surface area (Å²) in [5.74, 6) is -0.402. The fourth-order valence-corrected chi connectivity index (χ4v) is 8.51. The Balaban J connectivity index is 1.26. The van der Waals surface area contributed by atoms with Gasteiger partial charge in [0.25, 0.3) is 15.9 Å².